The molecule has 0 fully saturated rings. The molecule has 25 heavy (non-hydrogen) atoms. The number of nitrogens with zero attached hydrogens (tertiary/aromatic N) is 2. The van der Waals surface area contributed by atoms with Crippen LogP contribution in [0.4, 0.5) is 0 Å². The van der Waals surface area contributed by atoms with Crippen molar-refractivity contribution in [2.24, 2.45) is 0 Å². The molecule has 1 N–H and O–H groups in total. The van der Waals surface area contributed by atoms with E-state index < -0.39 is 0 Å². The molecule has 122 valence electrons. The van der Waals surface area contributed by atoms with Gasteiger partial charge >= 0.3 is 0 Å². The molecule has 0 radical (unpaired) electrons. The van der Waals surface area contributed by atoms with E-state index in [2.05, 4.69) is 4.98 Å². The lowest BCUT2D eigenvalue weighted by atomic mass is 10.1. The molecule has 3 heteroatoms. The summed E-state index contributed by atoms with van der Waals surface area (Å²) in [5, 5.41) is 10.6. The SMILES string of the molecule is Cc1ccc(-c2c(O)nc(-c3ccccc3)n2-c2ccccc2)cc1. The highest BCUT2D eigenvalue weighted by Gasteiger charge is 2.20. The van der Waals surface area contributed by atoms with E-state index in [1.165, 1.54) is 5.56 Å². The molecule has 0 amide bonds. The maximum absolute atomic E-state index is 10.6. The molecular formula is C22H18N2O. The number of rotatable bonds is 3. The van der Waals surface area contributed by atoms with E-state index >= 15 is 0 Å². The first kappa shape index (κ1) is 15.2. The highest BCUT2D eigenvalue weighted by molar-refractivity contribution is 5.74. The van der Waals surface area contributed by atoms with Crippen molar-refractivity contribution in [3.05, 3.63) is 90.5 Å². The van der Waals surface area contributed by atoms with Gasteiger partial charge in [-0.05, 0) is 19.1 Å². The van der Waals surface area contributed by atoms with Gasteiger partial charge in [-0.2, -0.15) is 4.98 Å². The van der Waals surface area contributed by atoms with E-state index in [4.69, 9.17) is 0 Å². The lowest BCUT2D eigenvalue weighted by Gasteiger charge is -2.12. The Morgan fingerprint density at radius 2 is 1.32 bits per heavy atom. The van der Waals surface area contributed by atoms with Gasteiger partial charge in [-0.3, -0.25) is 4.57 Å². The number of hydrogen-bond acceptors (Lipinski definition) is 2. The van der Waals surface area contributed by atoms with Crippen LogP contribution in [0, 0.1) is 6.92 Å². The Morgan fingerprint density at radius 3 is 1.96 bits per heavy atom. The molecule has 0 spiro atoms. The van der Waals surface area contributed by atoms with Crippen LogP contribution in [0.25, 0.3) is 28.3 Å². The monoisotopic (exact) mass is 326 g/mol. The second kappa shape index (κ2) is 6.29. The normalized spacial score (nSPS) is 10.8. The molecule has 0 saturated heterocycles. The van der Waals surface area contributed by atoms with Gasteiger partial charge < -0.3 is 5.11 Å². The zero-order chi connectivity index (χ0) is 17.2. The molecule has 0 bridgehead atoms. The van der Waals surface area contributed by atoms with Gasteiger partial charge in [0.2, 0.25) is 5.88 Å². The van der Waals surface area contributed by atoms with Crippen LogP contribution in [0.3, 0.4) is 0 Å². The van der Waals surface area contributed by atoms with Crippen LogP contribution in [0.15, 0.2) is 84.9 Å². The van der Waals surface area contributed by atoms with Gasteiger partial charge in [-0.25, -0.2) is 0 Å². The number of imidazole rings is 1. The van der Waals surface area contributed by atoms with Crippen molar-refractivity contribution in [3.63, 3.8) is 0 Å². The number of aryl methyl sites for hydroxylation is 1. The van der Waals surface area contributed by atoms with E-state index in [1.54, 1.807) is 0 Å². The van der Waals surface area contributed by atoms with Gasteiger partial charge in [-0.15, -0.1) is 0 Å². The zero-order valence-electron chi connectivity index (χ0n) is 13.9. The van der Waals surface area contributed by atoms with Crippen molar-refractivity contribution in [2.45, 2.75) is 6.92 Å². The summed E-state index contributed by atoms with van der Waals surface area (Å²) < 4.78 is 2.01. The van der Waals surface area contributed by atoms with Gasteiger partial charge in [-0.1, -0.05) is 78.4 Å². The van der Waals surface area contributed by atoms with Crippen LogP contribution >= 0.6 is 0 Å². The smallest absolute Gasteiger partial charge is 0.238 e. The molecule has 4 aromatic rings. The minimum Gasteiger partial charge on any atom is -0.492 e. The Morgan fingerprint density at radius 1 is 0.720 bits per heavy atom. The Kier molecular flexibility index (Phi) is 3.82. The third-order valence-corrected chi connectivity index (χ3v) is 4.23. The third kappa shape index (κ3) is 2.81. The number of hydrogen-bond donors (Lipinski definition) is 1. The fraction of sp³-hybridized carbons (Fsp3) is 0.0455. The highest BCUT2D eigenvalue weighted by Crippen LogP contribution is 2.36. The number of benzene rings is 3. The summed E-state index contributed by atoms with van der Waals surface area (Å²) in [6, 6.07) is 28.0. The molecule has 1 aromatic heterocycles. The van der Waals surface area contributed by atoms with Crippen molar-refractivity contribution in [2.75, 3.05) is 0 Å². The summed E-state index contributed by atoms with van der Waals surface area (Å²) in [5.74, 6) is 0.756. The largest absolute Gasteiger partial charge is 0.492 e. The van der Waals surface area contributed by atoms with E-state index in [0.29, 0.717) is 5.69 Å². The highest BCUT2D eigenvalue weighted by atomic mass is 16.3. The number of aromatic nitrogens is 2. The topological polar surface area (TPSA) is 38.1 Å². The van der Waals surface area contributed by atoms with Gasteiger partial charge in [0, 0.05) is 16.8 Å². The molecule has 0 saturated carbocycles. The van der Waals surface area contributed by atoms with Crippen LogP contribution in [0.2, 0.25) is 0 Å². The first-order valence-corrected chi connectivity index (χ1v) is 8.23. The summed E-state index contributed by atoms with van der Waals surface area (Å²) in [6.07, 6.45) is 0. The summed E-state index contributed by atoms with van der Waals surface area (Å²) in [4.78, 5) is 4.47. The quantitative estimate of drug-likeness (QED) is 0.560. The van der Waals surface area contributed by atoms with Gasteiger partial charge in [0.05, 0.1) is 0 Å². The Balaban J connectivity index is 2.01. The molecule has 4 rings (SSSR count). The van der Waals surface area contributed by atoms with Crippen LogP contribution < -0.4 is 0 Å². The minimum absolute atomic E-state index is 0.0339. The average molecular weight is 326 g/mol. The average Bonchev–Trinajstić information content (AvgIpc) is 3.01. The summed E-state index contributed by atoms with van der Waals surface area (Å²) >= 11 is 0. The Hall–Kier alpha value is -3.33. The molecule has 1 heterocycles. The van der Waals surface area contributed by atoms with E-state index in [-0.39, 0.29) is 5.88 Å². The molecule has 3 aromatic carbocycles. The molecular weight excluding hydrogens is 308 g/mol. The van der Waals surface area contributed by atoms with Crippen molar-refractivity contribution in [1.82, 2.24) is 9.55 Å². The molecule has 0 unspecified atom stereocenters. The fourth-order valence-corrected chi connectivity index (χ4v) is 2.99. The molecule has 0 aliphatic carbocycles. The van der Waals surface area contributed by atoms with Crippen LogP contribution in [-0.4, -0.2) is 14.7 Å². The first-order chi connectivity index (χ1) is 12.2. The summed E-state index contributed by atoms with van der Waals surface area (Å²) in [7, 11) is 0. The van der Waals surface area contributed by atoms with E-state index in [1.807, 2.05) is 96.4 Å². The first-order valence-electron chi connectivity index (χ1n) is 8.23. The standard InChI is InChI=1S/C22H18N2O/c1-16-12-14-17(15-13-16)20-22(25)23-21(18-8-4-2-5-9-18)24(20)19-10-6-3-7-11-19/h2-15,25H,1H3. The fourth-order valence-electron chi connectivity index (χ4n) is 2.99. The molecule has 0 atom stereocenters. The van der Waals surface area contributed by atoms with E-state index in [9.17, 15) is 5.11 Å². The minimum atomic E-state index is 0.0339. The zero-order valence-corrected chi connectivity index (χ0v) is 13.9. The van der Waals surface area contributed by atoms with Crippen molar-refractivity contribution >= 4 is 0 Å². The molecule has 0 aliphatic rings. The van der Waals surface area contributed by atoms with Gasteiger partial charge in [0.1, 0.15) is 11.5 Å². The van der Waals surface area contributed by atoms with Crippen LogP contribution in [-0.2, 0) is 0 Å². The summed E-state index contributed by atoms with van der Waals surface area (Å²) in [5.41, 5.74) is 4.73. The third-order valence-electron chi connectivity index (χ3n) is 4.23. The van der Waals surface area contributed by atoms with E-state index in [0.717, 1.165) is 22.6 Å². The summed E-state index contributed by atoms with van der Waals surface area (Å²) in [6.45, 7) is 2.05. The Labute approximate surface area is 146 Å². The lowest BCUT2D eigenvalue weighted by molar-refractivity contribution is 0.458. The maximum atomic E-state index is 10.6. The van der Waals surface area contributed by atoms with Crippen molar-refractivity contribution in [1.29, 1.82) is 0 Å². The second-order valence-electron chi connectivity index (χ2n) is 6.01. The predicted molar refractivity (Wildman–Crippen MR) is 101 cm³/mol. The predicted octanol–water partition coefficient (Wildman–Crippen LogP) is 5.22. The van der Waals surface area contributed by atoms with Crippen LogP contribution in [0.5, 0.6) is 5.88 Å². The van der Waals surface area contributed by atoms with Crippen LogP contribution in [0.1, 0.15) is 5.56 Å². The van der Waals surface area contributed by atoms with Gasteiger partial charge in [0.25, 0.3) is 0 Å². The van der Waals surface area contributed by atoms with Gasteiger partial charge in [0.15, 0.2) is 0 Å². The lowest BCUT2D eigenvalue weighted by Crippen LogP contribution is -1.99. The Bertz CT molecular complexity index is 988. The number of aromatic hydroxyl groups is 1. The number of para-hydroxylation sites is 1. The molecule has 0 aliphatic heterocycles. The van der Waals surface area contributed by atoms with Crippen molar-refractivity contribution in [3.8, 4) is 34.2 Å². The van der Waals surface area contributed by atoms with Crippen molar-refractivity contribution < 1.29 is 5.11 Å². The molecule has 3 nitrogen and oxygen atoms in total. The second-order valence-corrected chi connectivity index (χ2v) is 6.01. The maximum Gasteiger partial charge on any atom is 0.238 e.